The zero-order valence-electron chi connectivity index (χ0n) is 10.6. The maximum absolute atomic E-state index is 11.0. The van der Waals surface area contributed by atoms with Crippen LogP contribution in [0.2, 0.25) is 0 Å². The average Bonchev–Trinajstić information content (AvgIpc) is 2.39. The van der Waals surface area contributed by atoms with Crippen LogP contribution < -0.4 is 11.1 Å². The zero-order valence-corrected chi connectivity index (χ0v) is 10.6. The molecule has 0 radical (unpaired) electrons. The first-order valence-corrected chi connectivity index (χ1v) is 5.89. The number of hydrogen-bond acceptors (Lipinski definition) is 4. The lowest BCUT2D eigenvalue weighted by Crippen LogP contribution is -2.33. The van der Waals surface area contributed by atoms with Gasteiger partial charge in [-0.3, -0.25) is 4.79 Å². The molecule has 0 aliphatic heterocycles. The Morgan fingerprint density at radius 1 is 1.56 bits per heavy atom. The number of nitrogens with two attached hydrogens (primary N) is 1. The maximum atomic E-state index is 11.0. The van der Waals surface area contributed by atoms with Crippen molar-refractivity contribution in [3.05, 3.63) is 35.4 Å². The minimum absolute atomic E-state index is 0.0119. The molecule has 1 aromatic carbocycles. The number of ether oxygens (including phenoxy) is 1. The molecule has 100 valence electrons. The lowest BCUT2D eigenvalue weighted by atomic mass is 10.1. The summed E-state index contributed by atoms with van der Waals surface area (Å²) in [5.41, 5.74) is 6.67. The lowest BCUT2D eigenvalue weighted by Gasteiger charge is -2.15. The van der Waals surface area contributed by atoms with Gasteiger partial charge in [-0.15, -0.1) is 0 Å². The van der Waals surface area contributed by atoms with Crippen molar-refractivity contribution in [2.45, 2.75) is 19.0 Å². The Hall–Kier alpha value is -1.43. The molecule has 5 nitrogen and oxygen atoms in total. The van der Waals surface area contributed by atoms with Crippen LogP contribution in [-0.4, -0.2) is 37.4 Å². The van der Waals surface area contributed by atoms with Gasteiger partial charge < -0.3 is 20.9 Å². The van der Waals surface area contributed by atoms with Gasteiger partial charge in [-0.25, -0.2) is 0 Å². The predicted molar refractivity (Wildman–Crippen MR) is 69.2 cm³/mol. The highest BCUT2D eigenvalue weighted by molar-refractivity contribution is 5.92. The number of amides is 1. The Kier molecular flexibility index (Phi) is 6.35. The molecule has 5 heteroatoms. The Morgan fingerprint density at radius 3 is 2.94 bits per heavy atom. The Morgan fingerprint density at radius 2 is 2.33 bits per heavy atom. The molecule has 0 heterocycles. The summed E-state index contributed by atoms with van der Waals surface area (Å²) in [4.78, 5) is 11.0. The highest BCUT2D eigenvalue weighted by Crippen LogP contribution is 2.05. The summed E-state index contributed by atoms with van der Waals surface area (Å²) in [7, 11) is 1.63. The number of aliphatic hydroxyl groups is 1. The third-order valence-corrected chi connectivity index (χ3v) is 2.70. The minimum atomic E-state index is -0.435. The van der Waals surface area contributed by atoms with Gasteiger partial charge in [-0.2, -0.15) is 0 Å². The minimum Gasteiger partial charge on any atom is -0.395 e. The predicted octanol–water partition coefficient (Wildman–Crippen LogP) is 0.272. The van der Waals surface area contributed by atoms with Gasteiger partial charge in [0.05, 0.1) is 6.61 Å². The van der Waals surface area contributed by atoms with Crippen LogP contribution in [0.15, 0.2) is 24.3 Å². The Bertz CT molecular complexity index is 382. The van der Waals surface area contributed by atoms with E-state index in [1.807, 2.05) is 6.07 Å². The molecule has 0 fully saturated rings. The van der Waals surface area contributed by atoms with Gasteiger partial charge in [0, 0.05) is 31.9 Å². The van der Waals surface area contributed by atoms with Crippen LogP contribution >= 0.6 is 0 Å². The van der Waals surface area contributed by atoms with E-state index in [-0.39, 0.29) is 12.6 Å². The topological polar surface area (TPSA) is 84.6 Å². The molecule has 18 heavy (non-hydrogen) atoms. The van der Waals surface area contributed by atoms with E-state index in [2.05, 4.69) is 5.32 Å². The summed E-state index contributed by atoms with van der Waals surface area (Å²) in [5.74, 6) is -0.435. The summed E-state index contributed by atoms with van der Waals surface area (Å²) < 4.78 is 4.96. The molecule has 0 saturated carbocycles. The molecule has 0 aromatic heterocycles. The van der Waals surface area contributed by atoms with E-state index in [1.54, 1.807) is 25.3 Å². The molecule has 1 atom stereocenters. The highest BCUT2D eigenvalue weighted by Gasteiger charge is 2.07. The van der Waals surface area contributed by atoms with E-state index in [0.29, 0.717) is 18.7 Å². The molecule has 0 aliphatic carbocycles. The molecule has 4 N–H and O–H groups in total. The maximum Gasteiger partial charge on any atom is 0.248 e. The number of rotatable bonds is 8. The van der Waals surface area contributed by atoms with Crippen molar-refractivity contribution in [2.24, 2.45) is 5.73 Å². The van der Waals surface area contributed by atoms with Crippen LogP contribution in [0.3, 0.4) is 0 Å². The second kappa shape index (κ2) is 7.81. The second-order valence-electron chi connectivity index (χ2n) is 4.11. The zero-order chi connectivity index (χ0) is 13.4. The summed E-state index contributed by atoms with van der Waals surface area (Å²) >= 11 is 0. The number of nitrogens with one attached hydrogen (secondary N) is 1. The van der Waals surface area contributed by atoms with Crippen LogP contribution in [0.1, 0.15) is 22.3 Å². The molecule has 1 amide bonds. The van der Waals surface area contributed by atoms with E-state index in [1.165, 1.54) is 0 Å². The largest absolute Gasteiger partial charge is 0.395 e. The van der Waals surface area contributed by atoms with E-state index >= 15 is 0 Å². The Balaban J connectivity index is 2.51. The summed E-state index contributed by atoms with van der Waals surface area (Å²) in [6.07, 6.45) is 0.739. The fourth-order valence-corrected chi connectivity index (χ4v) is 1.61. The van der Waals surface area contributed by atoms with Gasteiger partial charge in [0.25, 0.3) is 0 Å². The number of methoxy groups -OCH3 is 1. The molecular weight excluding hydrogens is 232 g/mol. The van der Waals surface area contributed by atoms with Crippen molar-refractivity contribution in [3.8, 4) is 0 Å². The number of carbonyl (C=O) groups is 1. The number of primary amides is 1. The van der Waals surface area contributed by atoms with E-state index in [0.717, 1.165) is 12.0 Å². The molecule has 0 saturated heterocycles. The molecule has 0 spiro atoms. The number of carbonyl (C=O) groups excluding carboxylic acids is 1. The summed E-state index contributed by atoms with van der Waals surface area (Å²) in [5, 5.41) is 12.4. The lowest BCUT2D eigenvalue weighted by molar-refractivity contribution is 0.1000. The molecule has 1 rings (SSSR count). The third kappa shape index (κ3) is 4.83. The number of aliphatic hydroxyl groups excluding tert-OH is 1. The summed E-state index contributed by atoms with van der Waals surface area (Å²) in [6, 6.07) is 7.12. The fraction of sp³-hybridized carbons (Fsp3) is 0.462. The van der Waals surface area contributed by atoms with Crippen molar-refractivity contribution < 1.29 is 14.6 Å². The third-order valence-electron chi connectivity index (χ3n) is 2.70. The molecule has 0 bridgehead atoms. The number of hydrogen-bond donors (Lipinski definition) is 3. The van der Waals surface area contributed by atoms with Gasteiger partial charge >= 0.3 is 0 Å². The highest BCUT2D eigenvalue weighted by atomic mass is 16.5. The van der Waals surface area contributed by atoms with Gasteiger partial charge in [0.1, 0.15) is 0 Å². The first-order valence-electron chi connectivity index (χ1n) is 5.89. The Labute approximate surface area is 107 Å². The van der Waals surface area contributed by atoms with E-state index in [9.17, 15) is 9.90 Å². The SMILES string of the molecule is COCCC(CO)NCc1cccc(C(N)=O)c1. The quantitative estimate of drug-likeness (QED) is 0.620. The average molecular weight is 252 g/mol. The molecule has 1 aromatic rings. The van der Waals surface area contributed by atoms with Crippen LogP contribution in [0.5, 0.6) is 0 Å². The fourth-order valence-electron chi connectivity index (χ4n) is 1.61. The van der Waals surface area contributed by atoms with Gasteiger partial charge in [0.2, 0.25) is 5.91 Å². The van der Waals surface area contributed by atoms with Crippen molar-refractivity contribution in [1.29, 1.82) is 0 Å². The van der Waals surface area contributed by atoms with Crippen molar-refractivity contribution in [2.75, 3.05) is 20.3 Å². The normalized spacial score (nSPS) is 12.3. The molecular formula is C13H20N2O3. The van der Waals surface area contributed by atoms with E-state index in [4.69, 9.17) is 10.5 Å². The standard InChI is InChI=1S/C13H20N2O3/c1-18-6-5-12(9-16)15-8-10-3-2-4-11(7-10)13(14)17/h2-4,7,12,15-16H,5-6,8-9H2,1H3,(H2,14,17). The van der Waals surface area contributed by atoms with Crippen molar-refractivity contribution in [3.63, 3.8) is 0 Å². The first kappa shape index (κ1) is 14.6. The van der Waals surface area contributed by atoms with Crippen LogP contribution in [-0.2, 0) is 11.3 Å². The van der Waals surface area contributed by atoms with Crippen molar-refractivity contribution in [1.82, 2.24) is 5.32 Å². The van der Waals surface area contributed by atoms with Gasteiger partial charge in [-0.1, -0.05) is 12.1 Å². The molecule has 0 aliphatic rings. The van der Waals surface area contributed by atoms with Crippen LogP contribution in [0.4, 0.5) is 0 Å². The van der Waals surface area contributed by atoms with Crippen LogP contribution in [0.25, 0.3) is 0 Å². The van der Waals surface area contributed by atoms with Crippen molar-refractivity contribution >= 4 is 5.91 Å². The van der Waals surface area contributed by atoms with Gasteiger partial charge in [0.15, 0.2) is 0 Å². The second-order valence-corrected chi connectivity index (χ2v) is 4.11. The number of benzene rings is 1. The molecule has 1 unspecified atom stereocenters. The first-order chi connectivity index (χ1) is 8.67. The monoisotopic (exact) mass is 252 g/mol. The van der Waals surface area contributed by atoms with Crippen LogP contribution in [0, 0.1) is 0 Å². The van der Waals surface area contributed by atoms with Gasteiger partial charge in [-0.05, 0) is 24.1 Å². The summed E-state index contributed by atoms with van der Waals surface area (Å²) in [6.45, 7) is 1.23. The van der Waals surface area contributed by atoms with E-state index < -0.39 is 5.91 Å². The smallest absolute Gasteiger partial charge is 0.248 e.